The van der Waals surface area contributed by atoms with E-state index in [0.717, 1.165) is 9.13 Å². The van der Waals surface area contributed by atoms with Crippen molar-refractivity contribution in [1.82, 2.24) is 9.13 Å². The zero-order chi connectivity index (χ0) is 35.4. The highest BCUT2D eigenvalue weighted by molar-refractivity contribution is 6.08. The molecule has 246 valence electrons. The molecule has 7 aromatic rings. The van der Waals surface area contributed by atoms with Gasteiger partial charge < -0.3 is 9.47 Å². The van der Waals surface area contributed by atoms with E-state index in [4.69, 9.17) is 9.47 Å². The smallest absolute Gasteiger partial charge is 0.339 e. The molecule has 0 fully saturated rings. The van der Waals surface area contributed by atoms with E-state index in [1.807, 2.05) is 0 Å². The number of hydrogen-bond donors (Lipinski definition) is 0. The number of fused-ring (bicyclic) bond motifs is 4. The summed E-state index contributed by atoms with van der Waals surface area (Å²) in [7, 11) is 0. The van der Waals surface area contributed by atoms with Crippen LogP contribution in [-0.2, 0) is 9.47 Å². The minimum Gasteiger partial charge on any atom is -0.458 e. The monoisotopic (exact) mass is 664 g/mol. The Bertz CT molecular complexity index is 2580. The van der Waals surface area contributed by atoms with E-state index in [-0.39, 0.29) is 57.3 Å². The van der Waals surface area contributed by atoms with E-state index in [1.54, 1.807) is 86.6 Å². The number of ether oxygens (including phenoxy) is 2. The number of hydrogen-bond acceptors (Lipinski definition) is 8. The normalized spacial score (nSPS) is 11.4. The van der Waals surface area contributed by atoms with Gasteiger partial charge in [0.25, 0.3) is 22.2 Å². The van der Waals surface area contributed by atoms with E-state index in [2.05, 4.69) is 13.2 Å². The molecule has 0 spiro atoms. The van der Waals surface area contributed by atoms with Crippen LogP contribution in [0.15, 0.2) is 128 Å². The SMILES string of the molecule is C=C(C)COC(=O)c1cccc2c(-n3c(=O)c4cc5c(=O)n(-c6cccc7c(C(=O)OCC(=C)C)cccc67)c(=O)c5cc4c3=O)cccc12. The van der Waals surface area contributed by atoms with Gasteiger partial charge in [-0.05, 0) is 72.2 Å². The van der Waals surface area contributed by atoms with Gasteiger partial charge in [-0.2, -0.15) is 0 Å². The molecule has 0 saturated carbocycles. The highest BCUT2D eigenvalue weighted by Gasteiger charge is 2.24. The van der Waals surface area contributed by atoms with Crippen molar-refractivity contribution in [3.05, 3.63) is 162 Å². The Labute approximate surface area is 283 Å². The second-order valence-corrected chi connectivity index (χ2v) is 12.3. The minimum atomic E-state index is -0.683. The second-order valence-electron chi connectivity index (χ2n) is 12.3. The van der Waals surface area contributed by atoms with Crippen LogP contribution in [0.2, 0.25) is 0 Å². The molecule has 10 heteroatoms. The second kappa shape index (κ2) is 12.1. The molecule has 0 N–H and O–H groups in total. The van der Waals surface area contributed by atoms with Gasteiger partial charge in [-0.25, -0.2) is 18.7 Å². The van der Waals surface area contributed by atoms with Crippen molar-refractivity contribution < 1.29 is 19.1 Å². The van der Waals surface area contributed by atoms with E-state index in [1.165, 1.54) is 12.1 Å². The van der Waals surface area contributed by atoms with Gasteiger partial charge >= 0.3 is 11.9 Å². The van der Waals surface area contributed by atoms with Crippen LogP contribution in [0, 0.1) is 0 Å². The van der Waals surface area contributed by atoms with Gasteiger partial charge in [-0.1, -0.05) is 61.7 Å². The number of rotatable bonds is 8. The molecule has 0 amide bonds. The molecule has 0 bridgehead atoms. The van der Waals surface area contributed by atoms with Gasteiger partial charge in [0.1, 0.15) is 13.2 Å². The van der Waals surface area contributed by atoms with Crippen molar-refractivity contribution in [2.75, 3.05) is 13.2 Å². The Balaban J connectivity index is 1.38. The molecule has 0 radical (unpaired) electrons. The standard InChI is InChI=1S/C40H28N2O8/c1-21(2)19-49-39(47)27-13-5-11-25-23(27)9-7-15-33(25)41-35(43)29-17-31-32(18-30(29)36(41)44)38(46)42(37(31)45)34-16-8-10-24-26(34)12-6-14-28(24)40(48)50-20-22(3)4/h5-18H,1,3,19-20H2,2,4H3. The van der Waals surface area contributed by atoms with Crippen LogP contribution in [0.5, 0.6) is 0 Å². The van der Waals surface area contributed by atoms with Crippen LogP contribution in [0.3, 0.4) is 0 Å². The number of carbonyl (C=O) groups excluding carboxylic acids is 2. The van der Waals surface area contributed by atoms with Gasteiger partial charge in [0, 0.05) is 10.8 Å². The largest absolute Gasteiger partial charge is 0.458 e. The third-order valence-electron chi connectivity index (χ3n) is 8.51. The molecule has 5 aromatic carbocycles. The van der Waals surface area contributed by atoms with Crippen molar-refractivity contribution in [1.29, 1.82) is 0 Å². The summed E-state index contributed by atoms with van der Waals surface area (Å²) >= 11 is 0. The summed E-state index contributed by atoms with van der Waals surface area (Å²) in [6.07, 6.45) is 0. The Morgan fingerprint density at radius 3 is 1.16 bits per heavy atom. The Hall–Kier alpha value is -6.68. The zero-order valence-corrected chi connectivity index (χ0v) is 27.1. The third kappa shape index (κ3) is 5.05. The molecule has 0 atom stereocenters. The summed E-state index contributed by atoms with van der Waals surface area (Å²) in [5.74, 6) is -1.16. The van der Waals surface area contributed by atoms with Crippen molar-refractivity contribution in [2.45, 2.75) is 13.8 Å². The fraction of sp³-hybridized carbons (Fsp3) is 0.100. The van der Waals surface area contributed by atoms with Gasteiger partial charge in [0.15, 0.2) is 0 Å². The highest BCUT2D eigenvalue weighted by atomic mass is 16.5. The predicted octanol–water partition coefficient (Wildman–Crippen LogP) is 5.66. The number of carbonyl (C=O) groups is 2. The first-order chi connectivity index (χ1) is 24.0. The highest BCUT2D eigenvalue weighted by Crippen LogP contribution is 2.28. The lowest BCUT2D eigenvalue weighted by Gasteiger charge is -2.10. The molecule has 0 aliphatic heterocycles. The van der Waals surface area contributed by atoms with Crippen LogP contribution in [0.25, 0.3) is 54.5 Å². The van der Waals surface area contributed by atoms with Gasteiger partial charge in [0.2, 0.25) is 0 Å². The van der Waals surface area contributed by atoms with E-state index < -0.39 is 34.2 Å². The van der Waals surface area contributed by atoms with Crippen molar-refractivity contribution in [3.63, 3.8) is 0 Å². The van der Waals surface area contributed by atoms with Crippen LogP contribution < -0.4 is 22.2 Å². The maximum atomic E-state index is 13.9. The molecular weight excluding hydrogens is 636 g/mol. The maximum Gasteiger partial charge on any atom is 0.339 e. The lowest BCUT2D eigenvalue weighted by molar-refractivity contribution is 0.0534. The van der Waals surface area contributed by atoms with Crippen LogP contribution >= 0.6 is 0 Å². The van der Waals surface area contributed by atoms with Crippen molar-refractivity contribution >= 4 is 55.0 Å². The first-order valence-electron chi connectivity index (χ1n) is 15.6. The lowest BCUT2D eigenvalue weighted by Crippen LogP contribution is -2.24. The average molecular weight is 665 g/mol. The Kier molecular flexibility index (Phi) is 7.71. The molecule has 7 rings (SSSR count). The van der Waals surface area contributed by atoms with Gasteiger partial charge in [-0.15, -0.1) is 0 Å². The Morgan fingerprint density at radius 2 is 0.820 bits per heavy atom. The van der Waals surface area contributed by atoms with Crippen molar-refractivity contribution in [2.24, 2.45) is 0 Å². The lowest BCUT2D eigenvalue weighted by atomic mass is 10.0. The summed E-state index contributed by atoms with van der Waals surface area (Å²) < 4.78 is 12.7. The number of esters is 2. The summed E-state index contributed by atoms with van der Waals surface area (Å²) in [5, 5.41) is 1.71. The first kappa shape index (κ1) is 31.9. The predicted molar refractivity (Wildman–Crippen MR) is 193 cm³/mol. The summed E-state index contributed by atoms with van der Waals surface area (Å²) in [6.45, 7) is 11.0. The van der Waals surface area contributed by atoms with Crippen LogP contribution in [-0.4, -0.2) is 34.3 Å². The number of nitrogens with zero attached hydrogens (tertiary/aromatic N) is 2. The summed E-state index contributed by atoms with van der Waals surface area (Å²) in [5.41, 5.74) is -0.430. The van der Waals surface area contributed by atoms with Crippen LogP contribution in [0.1, 0.15) is 34.6 Å². The first-order valence-corrected chi connectivity index (χ1v) is 15.6. The van der Waals surface area contributed by atoms with E-state index >= 15 is 0 Å². The molecule has 10 nitrogen and oxygen atoms in total. The molecular formula is C40H28N2O8. The molecule has 2 aromatic heterocycles. The topological polar surface area (TPSA) is 131 Å². The number of aromatic nitrogens is 2. The molecule has 0 saturated heterocycles. The summed E-state index contributed by atoms with van der Waals surface area (Å²) in [4.78, 5) is 81.4. The van der Waals surface area contributed by atoms with E-state index in [0.29, 0.717) is 32.7 Å². The minimum absolute atomic E-state index is 0.0359. The molecule has 0 aliphatic rings. The molecule has 2 heterocycles. The fourth-order valence-electron chi connectivity index (χ4n) is 6.28. The Morgan fingerprint density at radius 1 is 0.500 bits per heavy atom. The maximum absolute atomic E-state index is 13.9. The zero-order valence-electron chi connectivity index (χ0n) is 27.1. The van der Waals surface area contributed by atoms with Gasteiger partial charge in [-0.3, -0.25) is 19.2 Å². The van der Waals surface area contributed by atoms with E-state index in [9.17, 15) is 28.8 Å². The molecule has 0 unspecified atom stereocenters. The number of benzene rings is 5. The third-order valence-corrected chi connectivity index (χ3v) is 8.51. The molecule has 50 heavy (non-hydrogen) atoms. The fourth-order valence-corrected chi connectivity index (χ4v) is 6.28. The molecule has 0 aliphatic carbocycles. The summed E-state index contributed by atoms with van der Waals surface area (Å²) in [6, 6.07) is 22.2. The quantitative estimate of drug-likeness (QED) is 0.150. The van der Waals surface area contributed by atoms with Crippen molar-refractivity contribution in [3.8, 4) is 11.4 Å². The van der Waals surface area contributed by atoms with Crippen LogP contribution in [0.4, 0.5) is 0 Å². The average Bonchev–Trinajstić information content (AvgIpc) is 3.50. The van der Waals surface area contributed by atoms with Gasteiger partial charge in [0.05, 0.1) is 44.0 Å².